The lowest BCUT2D eigenvalue weighted by atomic mass is 10.1. The summed E-state index contributed by atoms with van der Waals surface area (Å²) in [7, 11) is 0. The first-order valence-corrected chi connectivity index (χ1v) is 9.46. The number of thiazole rings is 1. The van der Waals surface area contributed by atoms with Crippen molar-refractivity contribution < 1.29 is 19.2 Å². The van der Waals surface area contributed by atoms with E-state index < -0.39 is 23.3 Å². The second-order valence-electron chi connectivity index (χ2n) is 6.27. The summed E-state index contributed by atoms with van der Waals surface area (Å²) in [6.07, 6.45) is 0. The Bertz CT molecular complexity index is 1090. The van der Waals surface area contributed by atoms with Crippen molar-refractivity contribution in [3.05, 3.63) is 80.3 Å². The second kappa shape index (κ2) is 8.61. The molecule has 0 saturated carbocycles. The predicted octanol–water partition coefficient (Wildman–Crippen LogP) is 4.45. The van der Waals surface area contributed by atoms with Gasteiger partial charge >= 0.3 is 5.97 Å². The van der Waals surface area contributed by atoms with Gasteiger partial charge < -0.3 is 10.1 Å². The van der Waals surface area contributed by atoms with E-state index in [1.165, 1.54) is 40.5 Å². The average Bonchev–Trinajstić information content (AvgIpc) is 3.17. The molecular weight excluding hydrogens is 394 g/mol. The molecule has 9 heteroatoms. The van der Waals surface area contributed by atoms with E-state index in [9.17, 15) is 19.7 Å². The maximum atomic E-state index is 12.2. The fourth-order valence-corrected chi connectivity index (χ4v) is 3.15. The van der Waals surface area contributed by atoms with E-state index in [-0.39, 0.29) is 16.9 Å². The van der Waals surface area contributed by atoms with E-state index in [4.69, 9.17) is 4.74 Å². The van der Waals surface area contributed by atoms with Gasteiger partial charge in [0.05, 0.1) is 4.92 Å². The topological polar surface area (TPSA) is 111 Å². The van der Waals surface area contributed by atoms with Gasteiger partial charge in [-0.25, -0.2) is 9.78 Å². The van der Waals surface area contributed by atoms with Crippen LogP contribution in [0.15, 0.2) is 47.8 Å². The van der Waals surface area contributed by atoms with Crippen LogP contribution in [0, 0.1) is 24.0 Å². The molecule has 148 valence electrons. The number of nitro groups is 1. The molecule has 1 heterocycles. The Morgan fingerprint density at radius 3 is 2.69 bits per heavy atom. The van der Waals surface area contributed by atoms with Gasteiger partial charge in [-0.05, 0) is 37.1 Å². The normalized spacial score (nSPS) is 10.4. The number of carbonyl (C=O) groups is 2. The van der Waals surface area contributed by atoms with E-state index in [0.29, 0.717) is 5.13 Å². The van der Waals surface area contributed by atoms with E-state index >= 15 is 0 Å². The molecule has 8 nitrogen and oxygen atoms in total. The Balaban J connectivity index is 1.60. The Labute approximate surface area is 170 Å². The number of nitro benzene ring substituents is 1. The Hall–Kier alpha value is -3.59. The Kier molecular flexibility index (Phi) is 5.99. The largest absolute Gasteiger partial charge is 0.453 e. The van der Waals surface area contributed by atoms with Gasteiger partial charge in [0.25, 0.3) is 5.69 Å². The highest BCUT2D eigenvalue weighted by Crippen LogP contribution is 2.23. The molecule has 1 N–H and O–H groups in total. The van der Waals surface area contributed by atoms with Crippen LogP contribution in [0.4, 0.5) is 16.5 Å². The zero-order valence-electron chi connectivity index (χ0n) is 15.7. The van der Waals surface area contributed by atoms with Gasteiger partial charge in [-0.2, -0.15) is 0 Å². The highest BCUT2D eigenvalue weighted by molar-refractivity contribution is 7.14. The molecule has 0 radical (unpaired) electrons. The summed E-state index contributed by atoms with van der Waals surface area (Å²) in [5.41, 5.74) is 3.13. The number of ether oxygens (including phenoxy) is 1. The van der Waals surface area contributed by atoms with Crippen molar-refractivity contribution in [1.29, 1.82) is 0 Å². The minimum atomic E-state index is -0.742. The first-order valence-electron chi connectivity index (χ1n) is 8.58. The molecule has 0 saturated heterocycles. The van der Waals surface area contributed by atoms with Crippen molar-refractivity contribution in [3.63, 3.8) is 0 Å². The molecule has 3 aromatic rings. The highest BCUT2D eigenvalue weighted by atomic mass is 32.1. The molecule has 29 heavy (non-hydrogen) atoms. The summed E-state index contributed by atoms with van der Waals surface area (Å²) in [5, 5.41) is 16.0. The van der Waals surface area contributed by atoms with Crippen LogP contribution in [-0.4, -0.2) is 28.3 Å². The number of hydrogen-bond acceptors (Lipinski definition) is 8. The van der Waals surface area contributed by atoms with E-state index in [1.54, 1.807) is 0 Å². The lowest BCUT2D eigenvalue weighted by Crippen LogP contribution is -2.14. The zero-order chi connectivity index (χ0) is 21.0. The number of ketones is 1. The number of carbonyl (C=O) groups excluding carboxylic acids is 2. The quantitative estimate of drug-likeness (QED) is 0.264. The Morgan fingerprint density at radius 1 is 1.17 bits per heavy atom. The van der Waals surface area contributed by atoms with Gasteiger partial charge in [-0.1, -0.05) is 18.2 Å². The summed E-state index contributed by atoms with van der Waals surface area (Å²) in [6, 6.07) is 11.1. The summed E-state index contributed by atoms with van der Waals surface area (Å²) in [6.45, 7) is 3.49. The summed E-state index contributed by atoms with van der Waals surface area (Å²) >= 11 is 1.24. The van der Waals surface area contributed by atoms with Gasteiger partial charge in [0.2, 0.25) is 5.78 Å². The molecule has 0 spiro atoms. The van der Waals surface area contributed by atoms with Crippen LogP contribution >= 0.6 is 11.3 Å². The Morgan fingerprint density at radius 2 is 1.97 bits per heavy atom. The number of rotatable bonds is 7. The standard InChI is InChI=1S/C20H17N3O5S/c1-12-6-7-15(8-13(12)2)21-20-22-17(11-29-20)19(25)28-10-18(24)14-4-3-5-16(9-14)23(26)27/h3-9,11H,10H2,1-2H3,(H,21,22). The molecule has 0 amide bonds. The molecule has 0 atom stereocenters. The number of aryl methyl sites for hydroxylation is 2. The fourth-order valence-electron chi connectivity index (χ4n) is 2.45. The van der Waals surface area contributed by atoms with Crippen LogP contribution in [0.3, 0.4) is 0 Å². The van der Waals surface area contributed by atoms with Crippen LogP contribution in [0.1, 0.15) is 32.0 Å². The molecule has 0 bridgehead atoms. The molecule has 3 rings (SSSR count). The molecular formula is C20H17N3O5S. The number of benzene rings is 2. The molecule has 0 unspecified atom stereocenters. The van der Waals surface area contributed by atoms with Gasteiger partial charge in [-0.15, -0.1) is 11.3 Å². The fraction of sp³-hybridized carbons (Fsp3) is 0.150. The number of hydrogen-bond donors (Lipinski definition) is 1. The number of nitrogens with zero attached hydrogens (tertiary/aromatic N) is 2. The van der Waals surface area contributed by atoms with Crippen LogP contribution in [0.5, 0.6) is 0 Å². The number of Topliss-reactive ketones (excluding diaryl/α,β-unsaturated/α-hetero) is 1. The van der Waals surface area contributed by atoms with Crippen LogP contribution in [0.25, 0.3) is 0 Å². The van der Waals surface area contributed by atoms with Crippen LogP contribution in [0.2, 0.25) is 0 Å². The van der Waals surface area contributed by atoms with Crippen LogP contribution in [-0.2, 0) is 4.74 Å². The third-order valence-corrected chi connectivity index (χ3v) is 4.94. The van der Waals surface area contributed by atoms with Crippen molar-refractivity contribution in [2.75, 3.05) is 11.9 Å². The molecule has 1 aromatic heterocycles. The van der Waals surface area contributed by atoms with Gasteiger partial charge in [0, 0.05) is 28.8 Å². The third kappa shape index (κ3) is 5.02. The van der Waals surface area contributed by atoms with E-state index in [1.807, 2.05) is 32.0 Å². The lowest BCUT2D eigenvalue weighted by molar-refractivity contribution is -0.384. The summed E-state index contributed by atoms with van der Waals surface area (Å²) in [5.74, 6) is -1.28. The minimum absolute atomic E-state index is 0.0770. The molecule has 0 aliphatic rings. The number of non-ortho nitro benzene ring substituents is 1. The number of aromatic nitrogens is 1. The monoisotopic (exact) mass is 411 g/mol. The summed E-state index contributed by atoms with van der Waals surface area (Å²) < 4.78 is 5.00. The van der Waals surface area contributed by atoms with Crippen LogP contribution < -0.4 is 5.32 Å². The predicted molar refractivity (Wildman–Crippen MR) is 109 cm³/mol. The maximum Gasteiger partial charge on any atom is 0.358 e. The zero-order valence-corrected chi connectivity index (χ0v) is 16.5. The van der Waals surface area contributed by atoms with Gasteiger partial charge in [0.1, 0.15) is 0 Å². The lowest BCUT2D eigenvalue weighted by Gasteiger charge is -2.05. The molecule has 0 aliphatic carbocycles. The first-order chi connectivity index (χ1) is 13.8. The maximum absolute atomic E-state index is 12.2. The smallest absolute Gasteiger partial charge is 0.358 e. The van der Waals surface area contributed by atoms with E-state index in [2.05, 4.69) is 10.3 Å². The second-order valence-corrected chi connectivity index (χ2v) is 7.13. The van der Waals surface area contributed by atoms with Gasteiger partial charge in [0.15, 0.2) is 17.4 Å². The molecule has 0 fully saturated rings. The number of nitrogens with one attached hydrogen (secondary N) is 1. The summed E-state index contributed by atoms with van der Waals surface area (Å²) in [4.78, 5) is 38.7. The molecule has 2 aromatic carbocycles. The van der Waals surface area contributed by atoms with E-state index in [0.717, 1.165) is 17.3 Å². The van der Waals surface area contributed by atoms with Crippen molar-refractivity contribution in [2.45, 2.75) is 13.8 Å². The SMILES string of the molecule is Cc1ccc(Nc2nc(C(=O)OCC(=O)c3cccc([N+](=O)[O-])c3)cs2)cc1C. The average molecular weight is 411 g/mol. The number of anilines is 2. The first kappa shape index (κ1) is 20.2. The van der Waals surface area contributed by atoms with Crippen molar-refractivity contribution in [1.82, 2.24) is 4.98 Å². The minimum Gasteiger partial charge on any atom is -0.453 e. The van der Waals surface area contributed by atoms with Crippen molar-refractivity contribution >= 4 is 39.6 Å². The van der Waals surface area contributed by atoms with Gasteiger partial charge in [-0.3, -0.25) is 14.9 Å². The van der Waals surface area contributed by atoms with Crippen molar-refractivity contribution in [2.24, 2.45) is 0 Å². The highest BCUT2D eigenvalue weighted by Gasteiger charge is 2.17. The third-order valence-electron chi connectivity index (χ3n) is 4.18. The van der Waals surface area contributed by atoms with Crippen molar-refractivity contribution in [3.8, 4) is 0 Å². The molecule has 0 aliphatic heterocycles. The number of esters is 1.